The molecule has 1 atom stereocenters. The van der Waals surface area contributed by atoms with Crippen LogP contribution in [0.5, 0.6) is 17.2 Å². The molecule has 0 amide bonds. The van der Waals surface area contributed by atoms with Crippen LogP contribution in [0.3, 0.4) is 0 Å². The lowest BCUT2D eigenvalue weighted by Crippen LogP contribution is -2.37. The lowest BCUT2D eigenvalue weighted by atomic mass is 10.0. The summed E-state index contributed by atoms with van der Waals surface area (Å²) in [6.45, 7) is 3.51. The topological polar surface area (TPSA) is 110 Å². The second-order valence-electron chi connectivity index (χ2n) is 10.6. The molecule has 11 heteroatoms. The molecule has 2 aromatic heterocycles. The molecule has 0 spiro atoms. The maximum absolute atomic E-state index is 10.1. The van der Waals surface area contributed by atoms with E-state index in [-0.39, 0.29) is 12.6 Å². The smallest absolute Gasteiger partial charge is 0.230 e. The van der Waals surface area contributed by atoms with Crippen molar-refractivity contribution in [2.75, 3.05) is 51.2 Å². The number of nitrogens with one attached hydrogen (secondary N) is 1. The number of anilines is 3. The molecule has 0 bridgehead atoms. The number of aliphatic hydroxyl groups is 1. The summed E-state index contributed by atoms with van der Waals surface area (Å²) in [5.74, 6) is 3.66. The zero-order chi connectivity index (χ0) is 29.1. The number of rotatable bonds is 10. The molecule has 0 saturated carbocycles. The molecule has 0 aliphatic carbocycles. The molecule has 42 heavy (non-hydrogen) atoms. The summed E-state index contributed by atoms with van der Waals surface area (Å²) >= 11 is 0. The minimum Gasteiger partial charge on any atom is -0.493 e. The van der Waals surface area contributed by atoms with Crippen LogP contribution in [0.15, 0.2) is 55.0 Å². The Bertz CT molecular complexity index is 1500. The van der Waals surface area contributed by atoms with Crippen molar-refractivity contribution < 1.29 is 19.3 Å². The molecule has 0 radical (unpaired) electrons. The van der Waals surface area contributed by atoms with E-state index in [2.05, 4.69) is 44.4 Å². The molecule has 4 heterocycles. The number of nitrogens with zero attached hydrogens (tertiary/aromatic N) is 6. The number of hydrogen-bond acceptors (Lipinski definition) is 10. The molecule has 0 unspecified atom stereocenters. The second kappa shape index (κ2) is 12.3. The highest BCUT2D eigenvalue weighted by molar-refractivity contribution is 5.60. The molecular formula is C31H37N7O4. The molecule has 6 rings (SSSR count). The maximum Gasteiger partial charge on any atom is 0.230 e. The Morgan fingerprint density at radius 3 is 2.50 bits per heavy atom. The summed E-state index contributed by atoms with van der Waals surface area (Å²) in [5.41, 5.74) is 4.27. The fourth-order valence-electron chi connectivity index (χ4n) is 5.90. The first kappa shape index (κ1) is 27.8. The standard InChI is InChI=1S/C31H37N7O4/c1-40-26-14-23(15-27(41-2)29(26)42-3)37-18-28(32-20-37)34-31-33-25-17-36(16-21-8-5-4-6-9-21)13-11-24(25)30(35-31)38-12-7-10-22(38)19-39/h4-6,8-9,14-15,18,20,22,39H,7,10-13,16-17,19H2,1-3H3,(H,33,34,35)/t22-/m0/s1. The van der Waals surface area contributed by atoms with E-state index in [0.717, 1.165) is 62.6 Å². The maximum atomic E-state index is 10.1. The first-order valence-corrected chi connectivity index (χ1v) is 14.2. The molecule has 11 nitrogen and oxygen atoms in total. The van der Waals surface area contributed by atoms with Crippen LogP contribution >= 0.6 is 0 Å². The predicted octanol–water partition coefficient (Wildman–Crippen LogP) is 3.95. The van der Waals surface area contributed by atoms with E-state index in [0.29, 0.717) is 29.0 Å². The largest absolute Gasteiger partial charge is 0.493 e. The van der Waals surface area contributed by atoms with Crippen molar-refractivity contribution in [2.45, 2.75) is 38.4 Å². The SMILES string of the molecule is COc1cc(-n2cnc(Nc3nc4c(c(N5CCC[C@H]5CO)n3)CCN(Cc3ccccc3)C4)c2)cc(OC)c1OC. The average molecular weight is 572 g/mol. The third-order valence-electron chi connectivity index (χ3n) is 8.00. The summed E-state index contributed by atoms with van der Waals surface area (Å²) in [4.78, 5) is 19.2. The van der Waals surface area contributed by atoms with Crippen molar-refractivity contribution in [3.63, 3.8) is 0 Å². The molecule has 2 aromatic carbocycles. The average Bonchev–Trinajstić information content (AvgIpc) is 3.70. The Balaban J connectivity index is 1.30. The zero-order valence-corrected chi connectivity index (χ0v) is 24.3. The van der Waals surface area contributed by atoms with Crippen molar-refractivity contribution >= 4 is 17.6 Å². The highest BCUT2D eigenvalue weighted by atomic mass is 16.5. The van der Waals surface area contributed by atoms with Gasteiger partial charge in [0.15, 0.2) is 17.3 Å². The third-order valence-corrected chi connectivity index (χ3v) is 8.00. The number of ether oxygens (including phenoxy) is 3. The van der Waals surface area contributed by atoms with Gasteiger partial charge in [-0.05, 0) is 24.8 Å². The molecule has 4 aromatic rings. The number of benzene rings is 2. The van der Waals surface area contributed by atoms with Gasteiger partial charge in [0.1, 0.15) is 12.1 Å². The predicted molar refractivity (Wildman–Crippen MR) is 160 cm³/mol. The zero-order valence-electron chi connectivity index (χ0n) is 24.3. The fraction of sp³-hybridized carbons (Fsp3) is 0.387. The van der Waals surface area contributed by atoms with Gasteiger partial charge in [-0.1, -0.05) is 30.3 Å². The Kier molecular flexibility index (Phi) is 8.11. The summed E-state index contributed by atoms with van der Waals surface area (Å²) in [6.07, 6.45) is 6.44. The summed E-state index contributed by atoms with van der Waals surface area (Å²) in [7, 11) is 4.77. The summed E-state index contributed by atoms with van der Waals surface area (Å²) < 4.78 is 18.4. The van der Waals surface area contributed by atoms with Crippen LogP contribution in [-0.2, 0) is 19.5 Å². The van der Waals surface area contributed by atoms with Crippen LogP contribution in [-0.4, -0.2) is 76.6 Å². The number of methoxy groups -OCH3 is 3. The molecule has 2 N–H and O–H groups in total. The van der Waals surface area contributed by atoms with Crippen molar-refractivity contribution in [1.29, 1.82) is 0 Å². The molecule has 1 saturated heterocycles. The van der Waals surface area contributed by atoms with Crippen LogP contribution in [0.2, 0.25) is 0 Å². The van der Waals surface area contributed by atoms with Crippen LogP contribution in [0, 0.1) is 0 Å². The summed E-state index contributed by atoms with van der Waals surface area (Å²) in [6, 6.07) is 14.3. The van der Waals surface area contributed by atoms with Crippen LogP contribution in [0.25, 0.3) is 5.69 Å². The van der Waals surface area contributed by atoms with E-state index < -0.39 is 0 Å². The minimum atomic E-state index is 0.0680. The Morgan fingerprint density at radius 2 is 1.79 bits per heavy atom. The number of imidazole rings is 1. The van der Waals surface area contributed by atoms with Crippen molar-refractivity contribution in [1.82, 2.24) is 24.4 Å². The van der Waals surface area contributed by atoms with Crippen LogP contribution in [0.4, 0.5) is 17.6 Å². The van der Waals surface area contributed by atoms with E-state index in [1.807, 2.05) is 29.0 Å². The van der Waals surface area contributed by atoms with Gasteiger partial charge in [-0.25, -0.2) is 9.97 Å². The Morgan fingerprint density at radius 1 is 1.00 bits per heavy atom. The van der Waals surface area contributed by atoms with Gasteiger partial charge >= 0.3 is 0 Å². The van der Waals surface area contributed by atoms with E-state index in [1.165, 1.54) is 11.1 Å². The minimum absolute atomic E-state index is 0.0680. The number of hydrogen-bond donors (Lipinski definition) is 2. The molecule has 1 fully saturated rings. The van der Waals surface area contributed by atoms with E-state index in [9.17, 15) is 5.11 Å². The van der Waals surface area contributed by atoms with Gasteiger partial charge in [0.25, 0.3) is 0 Å². The monoisotopic (exact) mass is 571 g/mol. The van der Waals surface area contributed by atoms with E-state index in [4.69, 9.17) is 24.2 Å². The van der Waals surface area contributed by atoms with Crippen molar-refractivity contribution in [3.8, 4) is 22.9 Å². The third kappa shape index (κ3) is 5.57. The van der Waals surface area contributed by atoms with Gasteiger partial charge in [-0.2, -0.15) is 4.98 Å². The van der Waals surface area contributed by atoms with Gasteiger partial charge in [-0.3, -0.25) is 4.90 Å². The van der Waals surface area contributed by atoms with Crippen LogP contribution in [0.1, 0.15) is 29.7 Å². The number of aliphatic hydroxyl groups excluding tert-OH is 1. The lowest BCUT2D eigenvalue weighted by Gasteiger charge is -2.33. The quantitative estimate of drug-likeness (QED) is 0.290. The Labute approximate surface area is 245 Å². The van der Waals surface area contributed by atoms with Crippen molar-refractivity contribution in [3.05, 3.63) is 71.8 Å². The van der Waals surface area contributed by atoms with E-state index >= 15 is 0 Å². The van der Waals surface area contributed by atoms with Gasteiger partial charge in [0, 0.05) is 43.9 Å². The van der Waals surface area contributed by atoms with Crippen LogP contribution < -0.4 is 24.4 Å². The van der Waals surface area contributed by atoms with Gasteiger partial charge in [-0.15, -0.1) is 0 Å². The molecule has 2 aliphatic heterocycles. The van der Waals surface area contributed by atoms with E-state index in [1.54, 1.807) is 27.7 Å². The van der Waals surface area contributed by atoms with Crippen molar-refractivity contribution in [2.24, 2.45) is 0 Å². The molecule has 220 valence electrons. The molecular weight excluding hydrogens is 534 g/mol. The molecule has 2 aliphatic rings. The fourth-order valence-corrected chi connectivity index (χ4v) is 5.90. The number of aromatic nitrogens is 4. The van der Waals surface area contributed by atoms with Gasteiger partial charge < -0.3 is 34.1 Å². The first-order valence-electron chi connectivity index (χ1n) is 14.2. The van der Waals surface area contributed by atoms with Gasteiger partial charge in [0.2, 0.25) is 11.7 Å². The first-order chi connectivity index (χ1) is 20.6. The number of fused-ring (bicyclic) bond motifs is 1. The summed E-state index contributed by atoms with van der Waals surface area (Å²) in [5, 5.41) is 13.4. The Hall–Kier alpha value is -4.35. The van der Waals surface area contributed by atoms with Gasteiger partial charge in [0.05, 0.1) is 51.6 Å². The lowest BCUT2D eigenvalue weighted by molar-refractivity contribution is 0.240. The highest BCUT2D eigenvalue weighted by Gasteiger charge is 2.31. The normalized spacial score (nSPS) is 16.8. The highest BCUT2D eigenvalue weighted by Crippen LogP contribution is 2.39. The second-order valence-corrected chi connectivity index (χ2v) is 10.6.